The molecule has 0 spiro atoms. The Bertz CT molecular complexity index is 167. The lowest BCUT2D eigenvalue weighted by Gasteiger charge is -2.26. The predicted molar refractivity (Wildman–Crippen MR) is 60.0 cm³/mol. The van der Waals surface area contributed by atoms with Crippen LogP contribution in [0.15, 0.2) is 11.8 Å². The number of hydrogen-bond acceptors (Lipinski definition) is 2. The van der Waals surface area contributed by atoms with Crippen LogP contribution in [0.5, 0.6) is 0 Å². The van der Waals surface area contributed by atoms with Gasteiger partial charge in [0.25, 0.3) is 0 Å². The van der Waals surface area contributed by atoms with Crippen LogP contribution in [0.2, 0.25) is 0 Å². The van der Waals surface area contributed by atoms with E-state index in [0.29, 0.717) is 6.10 Å². The zero-order chi connectivity index (χ0) is 9.68. The quantitative estimate of drug-likeness (QED) is 0.645. The van der Waals surface area contributed by atoms with Gasteiger partial charge in [0.2, 0.25) is 0 Å². The topological polar surface area (TPSA) is 9.23 Å². The Labute approximate surface area is 85.9 Å². The van der Waals surface area contributed by atoms with Crippen LogP contribution >= 0.6 is 11.8 Å². The number of rotatable bonds is 3. The maximum Gasteiger partial charge on any atom is 0.0978 e. The molecule has 76 valence electrons. The summed E-state index contributed by atoms with van der Waals surface area (Å²) in [6, 6.07) is 0. The van der Waals surface area contributed by atoms with E-state index >= 15 is 0 Å². The summed E-state index contributed by atoms with van der Waals surface area (Å²) in [4.78, 5) is 0. The molecule has 1 heterocycles. The number of hydrogen-bond donors (Lipinski definition) is 0. The summed E-state index contributed by atoms with van der Waals surface area (Å²) >= 11 is 2.07. The highest BCUT2D eigenvalue weighted by molar-refractivity contribution is 7.99. The Morgan fingerprint density at radius 1 is 1.38 bits per heavy atom. The molecule has 1 unspecified atom stereocenters. The summed E-state index contributed by atoms with van der Waals surface area (Å²) < 4.78 is 5.67. The molecule has 1 aliphatic heterocycles. The van der Waals surface area contributed by atoms with Gasteiger partial charge in [0.15, 0.2) is 0 Å². The summed E-state index contributed by atoms with van der Waals surface area (Å²) in [5, 5.41) is 0. The van der Waals surface area contributed by atoms with Crippen molar-refractivity contribution >= 4 is 11.8 Å². The second kappa shape index (κ2) is 5.58. The highest BCUT2D eigenvalue weighted by Crippen LogP contribution is 2.26. The first kappa shape index (κ1) is 11.0. The minimum atomic E-state index is 0.399. The maximum absolute atomic E-state index is 5.67. The third-order valence-corrected chi connectivity index (χ3v) is 3.50. The van der Waals surface area contributed by atoms with Gasteiger partial charge in [0, 0.05) is 0 Å². The molecule has 1 aliphatic rings. The average Bonchev–Trinajstić information content (AvgIpc) is 2.15. The van der Waals surface area contributed by atoms with Crippen molar-refractivity contribution in [1.82, 2.24) is 0 Å². The van der Waals surface area contributed by atoms with Crippen LogP contribution in [0.25, 0.3) is 0 Å². The lowest BCUT2D eigenvalue weighted by atomic mass is 9.97. The lowest BCUT2D eigenvalue weighted by molar-refractivity contribution is 0.0959. The highest BCUT2D eigenvalue weighted by Gasteiger charge is 2.20. The molecule has 0 aromatic rings. The van der Waals surface area contributed by atoms with Crippen LogP contribution < -0.4 is 0 Å². The summed E-state index contributed by atoms with van der Waals surface area (Å²) in [7, 11) is 0. The molecule has 0 aromatic carbocycles. The van der Waals surface area contributed by atoms with E-state index in [1.54, 1.807) is 0 Å². The predicted octanol–water partition coefficient (Wildman–Crippen LogP) is 3.46. The van der Waals surface area contributed by atoms with Crippen molar-refractivity contribution in [3.63, 3.8) is 0 Å². The minimum absolute atomic E-state index is 0.399. The first-order chi connectivity index (χ1) is 6.20. The van der Waals surface area contributed by atoms with Crippen molar-refractivity contribution < 1.29 is 4.74 Å². The molecule has 0 saturated carbocycles. The average molecular weight is 200 g/mol. The highest BCUT2D eigenvalue weighted by atomic mass is 32.2. The summed E-state index contributed by atoms with van der Waals surface area (Å²) in [5.74, 6) is 3.40. The standard InChI is InChI=1S/C11H20OS/c1-9(2)8-12-10(3)11-4-6-13-7-5-11/h8,10-11H,4-7H2,1-3H3. The van der Waals surface area contributed by atoms with Crippen molar-refractivity contribution in [2.75, 3.05) is 11.5 Å². The van der Waals surface area contributed by atoms with Gasteiger partial charge in [-0.3, -0.25) is 0 Å². The molecule has 0 radical (unpaired) electrons. The molecule has 0 bridgehead atoms. The van der Waals surface area contributed by atoms with Crippen molar-refractivity contribution in [2.45, 2.75) is 39.7 Å². The normalized spacial score (nSPS) is 20.8. The van der Waals surface area contributed by atoms with Gasteiger partial charge in [0.05, 0.1) is 12.4 Å². The number of thioether (sulfide) groups is 1. The van der Waals surface area contributed by atoms with Gasteiger partial charge in [0.1, 0.15) is 0 Å². The molecular weight excluding hydrogens is 180 g/mol. The van der Waals surface area contributed by atoms with E-state index in [2.05, 4.69) is 32.5 Å². The molecule has 0 N–H and O–H groups in total. The Morgan fingerprint density at radius 2 is 2.00 bits per heavy atom. The summed E-state index contributed by atoms with van der Waals surface area (Å²) in [5.41, 5.74) is 1.25. The van der Waals surface area contributed by atoms with Crippen LogP contribution in [-0.2, 0) is 4.74 Å². The van der Waals surface area contributed by atoms with Gasteiger partial charge in [-0.1, -0.05) is 0 Å². The fraction of sp³-hybridized carbons (Fsp3) is 0.818. The van der Waals surface area contributed by atoms with Gasteiger partial charge < -0.3 is 4.74 Å². The second-order valence-corrected chi connectivity index (χ2v) is 5.21. The van der Waals surface area contributed by atoms with Crippen molar-refractivity contribution in [1.29, 1.82) is 0 Å². The monoisotopic (exact) mass is 200 g/mol. The first-order valence-electron chi connectivity index (χ1n) is 5.06. The first-order valence-corrected chi connectivity index (χ1v) is 6.22. The van der Waals surface area contributed by atoms with Crippen molar-refractivity contribution in [3.8, 4) is 0 Å². The summed E-state index contributed by atoms with van der Waals surface area (Å²) in [6.07, 6.45) is 4.94. The molecule has 1 atom stereocenters. The molecule has 1 rings (SSSR count). The third-order valence-electron chi connectivity index (χ3n) is 2.45. The lowest BCUT2D eigenvalue weighted by Crippen LogP contribution is -2.23. The van der Waals surface area contributed by atoms with E-state index in [4.69, 9.17) is 4.74 Å². The van der Waals surface area contributed by atoms with Gasteiger partial charge in [-0.05, 0) is 56.6 Å². The van der Waals surface area contributed by atoms with E-state index in [0.717, 1.165) is 5.92 Å². The number of allylic oxidation sites excluding steroid dienone is 1. The van der Waals surface area contributed by atoms with E-state index in [-0.39, 0.29) is 0 Å². The Morgan fingerprint density at radius 3 is 2.54 bits per heavy atom. The van der Waals surface area contributed by atoms with Crippen LogP contribution in [0.4, 0.5) is 0 Å². The Kier molecular flexibility index (Phi) is 4.71. The van der Waals surface area contributed by atoms with Gasteiger partial charge in [-0.25, -0.2) is 0 Å². The van der Waals surface area contributed by atoms with Crippen LogP contribution in [0, 0.1) is 5.92 Å². The molecule has 0 amide bonds. The SMILES string of the molecule is CC(C)=COC(C)C1CCSCC1. The molecule has 0 aliphatic carbocycles. The molecular formula is C11H20OS. The fourth-order valence-electron chi connectivity index (χ4n) is 1.54. The Balaban J connectivity index is 2.28. The minimum Gasteiger partial charge on any atom is -0.498 e. The van der Waals surface area contributed by atoms with Gasteiger partial charge in [-0.15, -0.1) is 0 Å². The molecule has 13 heavy (non-hydrogen) atoms. The van der Waals surface area contributed by atoms with Crippen LogP contribution in [-0.4, -0.2) is 17.6 Å². The largest absolute Gasteiger partial charge is 0.498 e. The number of ether oxygens (including phenoxy) is 1. The molecule has 0 aromatic heterocycles. The van der Waals surface area contributed by atoms with E-state index in [9.17, 15) is 0 Å². The van der Waals surface area contributed by atoms with Gasteiger partial charge >= 0.3 is 0 Å². The third kappa shape index (κ3) is 4.08. The second-order valence-electron chi connectivity index (χ2n) is 3.99. The molecule has 1 fully saturated rings. The smallest absolute Gasteiger partial charge is 0.0978 e. The van der Waals surface area contributed by atoms with Crippen LogP contribution in [0.3, 0.4) is 0 Å². The van der Waals surface area contributed by atoms with Crippen molar-refractivity contribution in [2.24, 2.45) is 5.92 Å². The molecule has 2 heteroatoms. The van der Waals surface area contributed by atoms with Crippen molar-refractivity contribution in [3.05, 3.63) is 11.8 Å². The van der Waals surface area contributed by atoms with Crippen LogP contribution in [0.1, 0.15) is 33.6 Å². The zero-order valence-corrected chi connectivity index (χ0v) is 9.69. The Hall–Kier alpha value is -0.110. The maximum atomic E-state index is 5.67. The van der Waals surface area contributed by atoms with E-state index < -0.39 is 0 Å². The fourth-order valence-corrected chi connectivity index (χ4v) is 2.68. The summed E-state index contributed by atoms with van der Waals surface area (Å²) in [6.45, 7) is 6.34. The molecule has 1 saturated heterocycles. The van der Waals surface area contributed by atoms with E-state index in [1.165, 1.54) is 29.9 Å². The molecule has 1 nitrogen and oxygen atoms in total. The zero-order valence-electron chi connectivity index (χ0n) is 8.88. The van der Waals surface area contributed by atoms with Gasteiger partial charge in [-0.2, -0.15) is 11.8 Å². The van der Waals surface area contributed by atoms with E-state index in [1.807, 2.05) is 6.26 Å².